The fraction of sp³-hybridized carbons (Fsp3) is 0.273. The summed E-state index contributed by atoms with van der Waals surface area (Å²) in [6, 6.07) is 10.4. The number of carbonyl (C=O) groups is 2. The second-order valence-corrected chi connectivity index (χ2v) is 6.69. The van der Waals surface area contributed by atoms with E-state index in [0.717, 1.165) is 16.7 Å². The monoisotopic (exact) mass is 396 g/mol. The van der Waals surface area contributed by atoms with Crippen LogP contribution in [0.25, 0.3) is 6.08 Å². The van der Waals surface area contributed by atoms with E-state index in [2.05, 4.69) is 5.32 Å². The van der Waals surface area contributed by atoms with Crippen LogP contribution in [0.3, 0.4) is 0 Å². The molecule has 0 radical (unpaired) electrons. The van der Waals surface area contributed by atoms with E-state index in [1.807, 2.05) is 18.2 Å². The van der Waals surface area contributed by atoms with Gasteiger partial charge in [0.05, 0.1) is 20.6 Å². The predicted molar refractivity (Wildman–Crippen MR) is 109 cm³/mol. The summed E-state index contributed by atoms with van der Waals surface area (Å²) in [6.45, 7) is 0.400. The molecule has 152 valence electrons. The van der Waals surface area contributed by atoms with Gasteiger partial charge in [0.2, 0.25) is 11.8 Å². The van der Waals surface area contributed by atoms with E-state index in [1.54, 1.807) is 44.7 Å². The lowest BCUT2D eigenvalue weighted by Gasteiger charge is -2.17. The number of rotatable bonds is 7. The van der Waals surface area contributed by atoms with Crippen LogP contribution in [0, 0.1) is 0 Å². The third-order valence-electron chi connectivity index (χ3n) is 4.73. The number of fused-ring (bicyclic) bond motifs is 1. The molecule has 1 aliphatic rings. The van der Waals surface area contributed by atoms with Crippen molar-refractivity contribution in [3.8, 4) is 17.2 Å². The molecule has 2 aromatic carbocycles. The minimum Gasteiger partial charge on any atom is -0.508 e. The Morgan fingerprint density at radius 2 is 1.83 bits per heavy atom. The molecule has 1 aliphatic heterocycles. The summed E-state index contributed by atoms with van der Waals surface area (Å²) < 4.78 is 10.6. The van der Waals surface area contributed by atoms with Gasteiger partial charge in [0.15, 0.2) is 11.5 Å². The van der Waals surface area contributed by atoms with Crippen molar-refractivity contribution in [2.24, 2.45) is 0 Å². The average molecular weight is 396 g/mol. The number of amides is 2. The summed E-state index contributed by atoms with van der Waals surface area (Å²) in [4.78, 5) is 26.3. The van der Waals surface area contributed by atoms with E-state index >= 15 is 0 Å². The molecule has 3 rings (SSSR count). The molecule has 0 spiro atoms. The number of aromatic hydroxyl groups is 1. The van der Waals surface area contributed by atoms with Gasteiger partial charge in [0, 0.05) is 12.7 Å². The molecule has 2 aromatic rings. The van der Waals surface area contributed by atoms with Gasteiger partial charge in [-0.05, 0) is 53.5 Å². The topological polar surface area (TPSA) is 88.1 Å². The molecule has 0 aliphatic carbocycles. The fourth-order valence-electron chi connectivity index (χ4n) is 3.12. The summed E-state index contributed by atoms with van der Waals surface area (Å²) in [7, 11) is 3.11. The van der Waals surface area contributed by atoms with Crippen LogP contribution in [0.4, 0.5) is 0 Å². The van der Waals surface area contributed by atoms with Gasteiger partial charge in [-0.2, -0.15) is 0 Å². The van der Waals surface area contributed by atoms with Crippen molar-refractivity contribution >= 4 is 17.9 Å². The Morgan fingerprint density at radius 1 is 1.14 bits per heavy atom. The second-order valence-electron chi connectivity index (χ2n) is 6.69. The molecule has 1 heterocycles. The lowest BCUT2D eigenvalue weighted by Crippen LogP contribution is -2.38. The molecule has 29 heavy (non-hydrogen) atoms. The average Bonchev–Trinajstić information content (AvgIpc) is 2.86. The first-order chi connectivity index (χ1) is 14.0. The number of phenols is 1. The van der Waals surface area contributed by atoms with Gasteiger partial charge >= 0.3 is 0 Å². The summed E-state index contributed by atoms with van der Waals surface area (Å²) in [5, 5.41) is 12.1. The van der Waals surface area contributed by atoms with E-state index in [4.69, 9.17) is 9.47 Å². The van der Waals surface area contributed by atoms with Crippen molar-refractivity contribution < 1.29 is 24.2 Å². The number of phenolic OH excluding ortho intramolecular Hbond substituents is 1. The lowest BCUT2D eigenvalue weighted by molar-refractivity contribution is -0.132. The SMILES string of the molecule is COc1cc2c(cc1OC)CC(=O)N(CC(=O)NCCc1ccc(O)cc1)C=C2. The normalized spacial score (nSPS) is 12.9. The highest BCUT2D eigenvalue weighted by molar-refractivity contribution is 5.89. The van der Waals surface area contributed by atoms with Gasteiger partial charge in [0.1, 0.15) is 12.3 Å². The summed E-state index contributed by atoms with van der Waals surface area (Å²) in [6.07, 6.45) is 4.23. The van der Waals surface area contributed by atoms with Crippen LogP contribution in [0.15, 0.2) is 42.6 Å². The molecule has 0 unspecified atom stereocenters. The molecule has 0 saturated carbocycles. The van der Waals surface area contributed by atoms with Crippen LogP contribution in [0.5, 0.6) is 17.2 Å². The van der Waals surface area contributed by atoms with Crippen molar-refractivity contribution in [3.63, 3.8) is 0 Å². The van der Waals surface area contributed by atoms with Gasteiger partial charge < -0.3 is 24.8 Å². The van der Waals surface area contributed by atoms with Crippen molar-refractivity contribution in [2.45, 2.75) is 12.8 Å². The van der Waals surface area contributed by atoms with E-state index in [9.17, 15) is 14.7 Å². The highest BCUT2D eigenvalue weighted by Gasteiger charge is 2.21. The first-order valence-corrected chi connectivity index (χ1v) is 9.27. The van der Waals surface area contributed by atoms with E-state index < -0.39 is 0 Å². The number of benzene rings is 2. The third kappa shape index (κ3) is 5.07. The summed E-state index contributed by atoms with van der Waals surface area (Å²) in [5.41, 5.74) is 2.68. The van der Waals surface area contributed by atoms with Crippen LogP contribution < -0.4 is 14.8 Å². The Labute approximate surface area is 169 Å². The van der Waals surface area contributed by atoms with Crippen LogP contribution in [0.1, 0.15) is 16.7 Å². The van der Waals surface area contributed by atoms with Crippen LogP contribution >= 0.6 is 0 Å². The highest BCUT2D eigenvalue weighted by Crippen LogP contribution is 2.32. The number of nitrogens with one attached hydrogen (secondary N) is 1. The third-order valence-corrected chi connectivity index (χ3v) is 4.73. The molecular formula is C22H24N2O5. The number of carbonyl (C=O) groups excluding carboxylic acids is 2. The number of hydrogen-bond acceptors (Lipinski definition) is 5. The van der Waals surface area contributed by atoms with E-state index in [0.29, 0.717) is 24.5 Å². The standard InChI is InChI=1S/C22H24N2O5/c1-28-19-11-16-8-10-24(22(27)13-17(16)12-20(19)29-2)14-21(26)23-9-7-15-3-5-18(25)6-4-15/h3-6,8,10-12,25H,7,9,13-14H2,1-2H3,(H,23,26). The zero-order valence-corrected chi connectivity index (χ0v) is 16.5. The maximum Gasteiger partial charge on any atom is 0.240 e. The largest absolute Gasteiger partial charge is 0.508 e. The Balaban J connectivity index is 1.59. The molecule has 2 amide bonds. The summed E-state index contributed by atoms with van der Waals surface area (Å²) in [5.74, 6) is 0.959. The van der Waals surface area contributed by atoms with Crippen molar-refractivity contribution in [2.75, 3.05) is 27.3 Å². The molecule has 7 nitrogen and oxygen atoms in total. The molecule has 7 heteroatoms. The second kappa shape index (κ2) is 9.14. The highest BCUT2D eigenvalue weighted by atomic mass is 16.5. The Bertz CT molecular complexity index is 922. The van der Waals surface area contributed by atoms with Gasteiger partial charge in [-0.3, -0.25) is 9.59 Å². The summed E-state index contributed by atoms with van der Waals surface area (Å²) >= 11 is 0. The lowest BCUT2D eigenvalue weighted by atomic mass is 10.0. The maximum absolute atomic E-state index is 12.6. The number of ether oxygens (including phenoxy) is 2. The van der Waals surface area contributed by atoms with E-state index in [1.165, 1.54) is 4.90 Å². The fourth-order valence-corrected chi connectivity index (χ4v) is 3.12. The molecule has 0 atom stereocenters. The molecule has 0 saturated heterocycles. The maximum atomic E-state index is 12.6. The Hall–Kier alpha value is -3.48. The van der Waals surface area contributed by atoms with Crippen molar-refractivity contribution in [1.29, 1.82) is 0 Å². The van der Waals surface area contributed by atoms with Gasteiger partial charge in [0.25, 0.3) is 0 Å². The van der Waals surface area contributed by atoms with Crippen molar-refractivity contribution in [1.82, 2.24) is 10.2 Å². The Morgan fingerprint density at radius 3 is 2.52 bits per heavy atom. The number of methoxy groups -OCH3 is 2. The van der Waals surface area contributed by atoms with Crippen molar-refractivity contribution in [3.05, 3.63) is 59.3 Å². The first kappa shape index (κ1) is 20.3. The molecular weight excluding hydrogens is 372 g/mol. The van der Waals surface area contributed by atoms with E-state index in [-0.39, 0.29) is 30.5 Å². The zero-order chi connectivity index (χ0) is 20.8. The van der Waals surface area contributed by atoms with Crippen LogP contribution in [0.2, 0.25) is 0 Å². The van der Waals surface area contributed by atoms with Gasteiger partial charge in [-0.25, -0.2) is 0 Å². The molecule has 0 bridgehead atoms. The Kier molecular flexibility index (Phi) is 6.39. The minimum absolute atomic E-state index is 0.0484. The van der Waals surface area contributed by atoms with Gasteiger partial charge in [-0.1, -0.05) is 12.1 Å². The van der Waals surface area contributed by atoms with Crippen LogP contribution in [-0.2, 0) is 22.4 Å². The number of hydrogen-bond donors (Lipinski definition) is 2. The minimum atomic E-state index is -0.233. The quantitative estimate of drug-likeness (QED) is 0.749. The smallest absolute Gasteiger partial charge is 0.240 e. The zero-order valence-electron chi connectivity index (χ0n) is 16.5. The predicted octanol–water partition coefficient (Wildman–Crippen LogP) is 2.12. The van der Waals surface area contributed by atoms with Gasteiger partial charge in [-0.15, -0.1) is 0 Å². The number of nitrogens with zero attached hydrogens (tertiary/aromatic N) is 1. The first-order valence-electron chi connectivity index (χ1n) is 9.27. The van der Waals surface area contributed by atoms with Crippen LogP contribution in [-0.4, -0.2) is 49.1 Å². The molecule has 2 N–H and O–H groups in total. The molecule has 0 aromatic heterocycles. The molecule has 0 fully saturated rings.